The van der Waals surface area contributed by atoms with E-state index in [9.17, 15) is 10.1 Å². The number of halogens is 2. The van der Waals surface area contributed by atoms with E-state index in [2.05, 4.69) is 15.9 Å². The molecule has 1 aromatic heterocycles. The summed E-state index contributed by atoms with van der Waals surface area (Å²) in [6, 6.07) is 8.20. The predicted molar refractivity (Wildman–Crippen MR) is 78.4 cm³/mol. The molecule has 0 fully saturated rings. The highest BCUT2D eigenvalue weighted by molar-refractivity contribution is 9.10. The van der Waals surface area contributed by atoms with E-state index in [0.717, 1.165) is 4.47 Å². The van der Waals surface area contributed by atoms with Crippen LogP contribution in [0.3, 0.4) is 0 Å². The van der Waals surface area contributed by atoms with Crippen LogP contribution in [-0.4, -0.2) is 11.5 Å². The van der Waals surface area contributed by atoms with Gasteiger partial charge >= 0.3 is 5.88 Å². The predicted octanol–water partition coefficient (Wildman–Crippen LogP) is 4.68. The molecule has 0 spiro atoms. The lowest BCUT2D eigenvalue weighted by molar-refractivity contribution is -0.402. The molecule has 0 saturated heterocycles. The Morgan fingerprint density at radius 2 is 2.20 bits per heavy atom. The molecule has 0 aliphatic rings. The van der Waals surface area contributed by atoms with Crippen molar-refractivity contribution in [3.8, 4) is 5.75 Å². The van der Waals surface area contributed by atoms with Crippen LogP contribution >= 0.6 is 27.5 Å². The van der Waals surface area contributed by atoms with Gasteiger partial charge in [-0.25, -0.2) is 0 Å². The van der Waals surface area contributed by atoms with E-state index in [1.54, 1.807) is 12.1 Å². The number of nitro groups is 1. The first-order valence-corrected chi connectivity index (χ1v) is 7.06. The van der Waals surface area contributed by atoms with Crippen molar-refractivity contribution in [1.82, 2.24) is 0 Å². The minimum atomic E-state index is -0.664. The second kappa shape index (κ2) is 6.28. The molecule has 0 bridgehead atoms. The highest BCUT2D eigenvalue weighted by Gasteiger charge is 2.22. The fraction of sp³-hybridized carbons (Fsp3) is 0.231. The molecule has 20 heavy (non-hydrogen) atoms. The van der Waals surface area contributed by atoms with Gasteiger partial charge in [0.05, 0.1) is 12.7 Å². The van der Waals surface area contributed by atoms with Crippen LogP contribution in [0.2, 0.25) is 0 Å². The topological polar surface area (TPSA) is 65.5 Å². The quantitative estimate of drug-likeness (QED) is 0.441. The number of furan rings is 1. The SMILES string of the molecule is CCOc1ccc(Br)cc1C(Cl)c1ccc([N+](=O)[O-])o1. The Morgan fingerprint density at radius 1 is 1.45 bits per heavy atom. The van der Waals surface area contributed by atoms with Crippen molar-refractivity contribution in [3.63, 3.8) is 0 Å². The zero-order valence-corrected chi connectivity index (χ0v) is 12.8. The zero-order chi connectivity index (χ0) is 14.7. The third-order valence-electron chi connectivity index (χ3n) is 2.59. The molecule has 0 radical (unpaired) electrons. The molecule has 0 amide bonds. The number of hydrogen-bond donors (Lipinski definition) is 0. The van der Waals surface area contributed by atoms with Crippen molar-refractivity contribution in [2.75, 3.05) is 6.61 Å². The fourth-order valence-electron chi connectivity index (χ4n) is 1.73. The van der Waals surface area contributed by atoms with Crippen molar-refractivity contribution >= 4 is 33.4 Å². The first-order chi connectivity index (χ1) is 9.52. The van der Waals surface area contributed by atoms with Crippen molar-refractivity contribution < 1.29 is 14.1 Å². The van der Waals surface area contributed by atoms with E-state index in [-0.39, 0.29) is 5.88 Å². The smallest absolute Gasteiger partial charge is 0.433 e. The Bertz CT molecular complexity index is 629. The van der Waals surface area contributed by atoms with Crippen LogP contribution in [0.4, 0.5) is 5.88 Å². The van der Waals surface area contributed by atoms with Gasteiger partial charge in [-0.05, 0) is 31.2 Å². The highest BCUT2D eigenvalue weighted by atomic mass is 79.9. The standard InChI is InChI=1S/C13H11BrClNO4/c1-2-19-10-4-3-8(14)7-9(10)13(15)11-5-6-12(20-11)16(17)18/h3-7,13H,2H2,1H3. The van der Waals surface area contributed by atoms with E-state index in [0.29, 0.717) is 23.7 Å². The molecule has 0 N–H and O–H groups in total. The third kappa shape index (κ3) is 3.13. The number of rotatable bonds is 5. The lowest BCUT2D eigenvalue weighted by atomic mass is 10.1. The number of ether oxygens (including phenoxy) is 1. The monoisotopic (exact) mass is 359 g/mol. The van der Waals surface area contributed by atoms with Gasteiger partial charge in [-0.2, -0.15) is 0 Å². The number of hydrogen-bond acceptors (Lipinski definition) is 4. The molecule has 1 aromatic carbocycles. The molecule has 106 valence electrons. The minimum Gasteiger partial charge on any atom is -0.494 e. The van der Waals surface area contributed by atoms with Gasteiger partial charge < -0.3 is 9.15 Å². The molecule has 2 aromatic rings. The summed E-state index contributed by atoms with van der Waals surface area (Å²) in [4.78, 5) is 10.0. The van der Waals surface area contributed by atoms with Crippen LogP contribution < -0.4 is 4.74 Å². The van der Waals surface area contributed by atoms with Crippen LogP contribution in [-0.2, 0) is 0 Å². The lowest BCUT2D eigenvalue weighted by Gasteiger charge is -2.13. The van der Waals surface area contributed by atoms with Crippen molar-refractivity contribution in [2.45, 2.75) is 12.3 Å². The van der Waals surface area contributed by atoms with Gasteiger partial charge in [0.25, 0.3) is 0 Å². The van der Waals surface area contributed by atoms with Crippen LogP contribution in [0.25, 0.3) is 0 Å². The van der Waals surface area contributed by atoms with E-state index in [4.69, 9.17) is 20.8 Å². The Morgan fingerprint density at radius 3 is 2.80 bits per heavy atom. The Kier molecular flexibility index (Phi) is 4.67. The average Bonchev–Trinajstić information content (AvgIpc) is 2.90. The average molecular weight is 361 g/mol. The van der Waals surface area contributed by atoms with Gasteiger partial charge in [0.15, 0.2) is 0 Å². The fourth-order valence-corrected chi connectivity index (χ4v) is 2.40. The lowest BCUT2D eigenvalue weighted by Crippen LogP contribution is -1.99. The summed E-state index contributed by atoms with van der Waals surface area (Å²) in [6.07, 6.45) is 0. The second-order valence-electron chi connectivity index (χ2n) is 3.91. The number of nitrogens with zero attached hydrogens (tertiary/aromatic N) is 1. The Hall–Kier alpha value is -1.53. The van der Waals surface area contributed by atoms with Crippen LogP contribution in [0.15, 0.2) is 39.2 Å². The molecule has 1 unspecified atom stereocenters. The van der Waals surface area contributed by atoms with E-state index < -0.39 is 10.3 Å². The Labute approximate surface area is 128 Å². The van der Waals surface area contributed by atoms with Gasteiger partial charge in [0.1, 0.15) is 21.8 Å². The maximum Gasteiger partial charge on any atom is 0.433 e. The summed E-state index contributed by atoms with van der Waals surface area (Å²) >= 11 is 9.71. The summed E-state index contributed by atoms with van der Waals surface area (Å²) in [5.74, 6) is 0.589. The molecular formula is C13H11BrClNO4. The summed E-state index contributed by atoms with van der Waals surface area (Å²) in [5, 5.41) is 9.97. The highest BCUT2D eigenvalue weighted by Crippen LogP contribution is 2.38. The van der Waals surface area contributed by atoms with Gasteiger partial charge in [0, 0.05) is 10.0 Å². The van der Waals surface area contributed by atoms with Gasteiger partial charge in [-0.15, -0.1) is 11.6 Å². The van der Waals surface area contributed by atoms with Crippen LogP contribution in [0.5, 0.6) is 5.75 Å². The van der Waals surface area contributed by atoms with Gasteiger partial charge in [0.2, 0.25) is 0 Å². The summed E-state index contributed by atoms with van der Waals surface area (Å²) in [7, 11) is 0. The molecule has 2 rings (SSSR count). The molecule has 0 saturated carbocycles. The Balaban J connectivity index is 2.38. The largest absolute Gasteiger partial charge is 0.494 e. The molecule has 1 heterocycles. The normalized spacial score (nSPS) is 12.2. The third-order valence-corrected chi connectivity index (χ3v) is 3.53. The molecule has 0 aliphatic heterocycles. The molecular weight excluding hydrogens is 350 g/mol. The van der Waals surface area contributed by atoms with Crippen molar-refractivity contribution in [3.05, 3.63) is 56.2 Å². The minimum absolute atomic E-state index is 0.303. The maximum absolute atomic E-state index is 10.6. The van der Waals surface area contributed by atoms with Crippen molar-refractivity contribution in [1.29, 1.82) is 0 Å². The van der Waals surface area contributed by atoms with E-state index >= 15 is 0 Å². The van der Waals surface area contributed by atoms with E-state index in [1.807, 2.05) is 13.0 Å². The summed E-state index contributed by atoms with van der Waals surface area (Å²) < 4.78 is 11.5. The first kappa shape index (κ1) is 14.9. The molecule has 7 heteroatoms. The van der Waals surface area contributed by atoms with Crippen LogP contribution in [0, 0.1) is 10.1 Å². The maximum atomic E-state index is 10.6. The van der Waals surface area contributed by atoms with Crippen LogP contribution in [0.1, 0.15) is 23.6 Å². The molecule has 0 aliphatic carbocycles. The summed E-state index contributed by atoms with van der Waals surface area (Å²) in [5.41, 5.74) is 0.687. The van der Waals surface area contributed by atoms with Crippen molar-refractivity contribution in [2.24, 2.45) is 0 Å². The zero-order valence-electron chi connectivity index (χ0n) is 10.5. The molecule has 1 atom stereocenters. The number of alkyl halides is 1. The van der Waals surface area contributed by atoms with Gasteiger partial charge in [-0.3, -0.25) is 10.1 Å². The van der Waals surface area contributed by atoms with Gasteiger partial charge in [-0.1, -0.05) is 15.9 Å². The number of benzene rings is 1. The second-order valence-corrected chi connectivity index (χ2v) is 5.26. The first-order valence-electron chi connectivity index (χ1n) is 5.83. The molecule has 5 nitrogen and oxygen atoms in total. The summed E-state index contributed by atoms with van der Waals surface area (Å²) in [6.45, 7) is 2.36. The van der Waals surface area contributed by atoms with E-state index in [1.165, 1.54) is 12.1 Å².